The van der Waals surface area contributed by atoms with E-state index in [1.54, 1.807) is 6.92 Å². The van der Waals surface area contributed by atoms with Gasteiger partial charge in [-0.05, 0) is 26.0 Å². The number of esters is 1. The topological polar surface area (TPSA) is 75.6 Å². The zero-order valence-electron chi connectivity index (χ0n) is 11.3. The summed E-state index contributed by atoms with van der Waals surface area (Å²) in [6.45, 7) is 2.63. The quantitative estimate of drug-likeness (QED) is 0.653. The van der Waals surface area contributed by atoms with E-state index in [0.29, 0.717) is 0 Å². The average molecular weight is 305 g/mol. The maximum Gasteiger partial charge on any atom is 0.448 e. The summed E-state index contributed by atoms with van der Waals surface area (Å²) in [5, 5.41) is 10.8. The first-order chi connectivity index (χ1) is 9.61. The molecule has 2 N–H and O–H groups in total. The van der Waals surface area contributed by atoms with E-state index in [0.717, 1.165) is 5.56 Å². The molecule has 0 bridgehead atoms. The molecule has 0 saturated carbocycles. The van der Waals surface area contributed by atoms with Crippen LogP contribution in [-0.2, 0) is 9.53 Å². The normalized spacial score (nSPS) is 14.2. The van der Waals surface area contributed by atoms with E-state index in [2.05, 4.69) is 4.74 Å². The second kappa shape index (κ2) is 6.13. The second-order valence-corrected chi connectivity index (χ2v) is 4.25. The Hall–Kier alpha value is -2.09. The number of aliphatic hydroxyl groups is 1. The van der Waals surface area contributed by atoms with Crippen molar-refractivity contribution >= 4 is 11.9 Å². The number of amides is 1. The summed E-state index contributed by atoms with van der Waals surface area (Å²) in [6.07, 6.45) is -5.42. The lowest BCUT2D eigenvalue weighted by molar-refractivity contribution is -0.269. The Morgan fingerprint density at radius 2 is 1.76 bits per heavy atom. The maximum atomic E-state index is 12.9. The minimum Gasteiger partial charge on any atom is -0.462 e. The fourth-order valence-electron chi connectivity index (χ4n) is 1.41. The highest BCUT2D eigenvalue weighted by molar-refractivity contribution is 5.97. The van der Waals surface area contributed by atoms with Crippen molar-refractivity contribution in [1.29, 1.82) is 0 Å². The minimum absolute atomic E-state index is 0.132. The lowest BCUT2D eigenvalue weighted by atomic mass is 10.1. The number of aryl methyl sites for hydroxylation is 1. The largest absolute Gasteiger partial charge is 0.462 e. The van der Waals surface area contributed by atoms with Crippen molar-refractivity contribution in [2.45, 2.75) is 25.7 Å². The van der Waals surface area contributed by atoms with Gasteiger partial charge in [-0.25, -0.2) is 4.79 Å². The van der Waals surface area contributed by atoms with Gasteiger partial charge >= 0.3 is 17.9 Å². The molecule has 0 radical (unpaired) electrons. The molecule has 0 spiro atoms. The number of carbonyl (C=O) groups is 2. The monoisotopic (exact) mass is 305 g/mol. The van der Waals surface area contributed by atoms with Crippen LogP contribution in [0.2, 0.25) is 0 Å². The summed E-state index contributed by atoms with van der Waals surface area (Å²) in [5.41, 5.74) is -3.43. The number of rotatable bonds is 4. The lowest BCUT2D eigenvalue weighted by Gasteiger charge is -2.28. The van der Waals surface area contributed by atoms with E-state index in [4.69, 9.17) is 0 Å². The Bertz CT molecular complexity index is 527. The van der Waals surface area contributed by atoms with Gasteiger partial charge < -0.3 is 15.2 Å². The van der Waals surface area contributed by atoms with Crippen molar-refractivity contribution in [2.75, 3.05) is 6.61 Å². The molecule has 1 atom stereocenters. The van der Waals surface area contributed by atoms with Crippen molar-refractivity contribution in [3.63, 3.8) is 0 Å². The van der Waals surface area contributed by atoms with Gasteiger partial charge in [-0.2, -0.15) is 13.2 Å². The Balaban J connectivity index is 3.04. The van der Waals surface area contributed by atoms with Crippen LogP contribution in [0.1, 0.15) is 22.8 Å². The molecular weight excluding hydrogens is 291 g/mol. The molecule has 8 heteroatoms. The molecule has 0 aliphatic heterocycles. The second-order valence-electron chi connectivity index (χ2n) is 4.25. The smallest absolute Gasteiger partial charge is 0.448 e. The number of hydrogen-bond acceptors (Lipinski definition) is 4. The number of hydrogen-bond donors (Lipinski definition) is 2. The van der Waals surface area contributed by atoms with Crippen molar-refractivity contribution in [3.8, 4) is 0 Å². The third-order valence-corrected chi connectivity index (χ3v) is 2.59. The molecule has 0 aliphatic carbocycles. The summed E-state index contributed by atoms with van der Waals surface area (Å²) in [5.74, 6) is -3.24. The standard InChI is InChI=1S/C13H14F3NO4/c1-3-21-11(19)12(20,13(14,15)16)17-10(18)9-6-4-8(2)5-7-9/h4-7,20H,3H2,1-2H3,(H,17,18). The fourth-order valence-corrected chi connectivity index (χ4v) is 1.41. The molecule has 1 rings (SSSR count). The zero-order valence-corrected chi connectivity index (χ0v) is 11.3. The van der Waals surface area contributed by atoms with Crippen LogP contribution in [0.4, 0.5) is 13.2 Å². The molecule has 21 heavy (non-hydrogen) atoms. The van der Waals surface area contributed by atoms with Crippen LogP contribution in [-0.4, -0.2) is 35.5 Å². The van der Waals surface area contributed by atoms with Crippen LogP contribution >= 0.6 is 0 Å². The number of benzene rings is 1. The molecule has 0 fully saturated rings. The van der Waals surface area contributed by atoms with Gasteiger partial charge in [0.1, 0.15) is 0 Å². The first-order valence-corrected chi connectivity index (χ1v) is 5.97. The molecular formula is C13H14F3NO4. The molecule has 5 nitrogen and oxygen atoms in total. The van der Waals surface area contributed by atoms with E-state index >= 15 is 0 Å². The van der Waals surface area contributed by atoms with Gasteiger partial charge in [0, 0.05) is 5.56 Å². The highest BCUT2D eigenvalue weighted by Gasteiger charge is 2.62. The third kappa shape index (κ3) is 3.72. The van der Waals surface area contributed by atoms with Crippen LogP contribution in [0.3, 0.4) is 0 Å². The average Bonchev–Trinajstić information content (AvgIpc) is 2.38. The lowest BCUT2D eigenvalue weighted by Crippen LogP contribution is -2.64. The summed E-state index contributed by atoms with van der Waals surface area (Å²) < 4.78 is 42.7. The summed E-state index contributed by atoms with van der Waals surface area (Å²) in [6, 6.07) is 5.55. The van der Waals surface area contributed by atoms with Crippen LogP contribution in [0.25, 0.3) is 0 Å². The fraction of sp³-hybridized carbons (Fsp3) is 0.385. The van der Waals surface area contributed by atoms with Gasteiger partial charge in [-0.1, -0.05) is 17.7 Å². The molecule has 0 saturated heterocycles. The van der Waals surface area contributed by atoms with Crippen LogP contribution in [0.5, 0.6) is 0 Å². The highest BCUT2D eigenvalue weighted by atomic mass is 19.4. The van der Waals surface area contributed by atoms with Gasteiger partial charge in [0.15, 0.2) is 0 Å². The Labute approximate surface area is 118 Å². The van der Waals surface area contributed by atoms with Gasteiger partial charge in [-0.3, -0.25) is 4.79 Å². The predicted octanol–water partition coefficient (Wildman–Crippen LogP) is 1.54. The minimum atomic E-state index is -5.42. The van der Waals surface area contributed by atoms with Gasteiger partial charge in [-0.15, -0.1) is 0 Å². The van der Waals surface area contributed by atoms with Crippen LogP contribution in [0, 0.1) is 6.92 Å². The van der Waals surface area contributed by atoms with Crippen molar-refractivity contribution in [3.05, 3.63) is 35.4 Å². The van der Waals surface area contributed by atoms with Gasteiger partial charge in [0.05, 0.1) is 6.61 Å². The van der Waals surface area contributed by atoms with Crippen molar-refractivity contribution < 1.29 is 32.6 Å². The van der Waals surface area contributed by atoms with Gasteiger partial charge in [0.2, 0.25) is 0 Å². The summed E-state index contributed by atoms with van der Waals surface area (Å²) in [7, 11) is 0. The van der Waals surface area contributed by atoms with Crippen molar-refractivity contribution in [1.82, 2.24) is 5.32 Å². The molecule has 1 amide bonds. The predicted molar refractivity (Wildman–Crippen MR) is 66.3 cm³/mol. The SMILES string of the molecule is CCOC(=O)C(O)(NC(=O)c1ccc(C)cc1)C(F)(F)F. The maximum absolute atomic E-state index is 12.9. The Morgan fingerprint density at radius 1 is 1.24 bits per heavy atom. The molecule has 0 aromatic heterocycles. The van der Waals surface area contributed by atoms with E-state index in [9.17, 15) is 27.9 Å². The molecule has 1 aromatic carbocycles. The summed E-state index contributed by atoms with van der Waals surface area (Å²) >= 11 is 0. The number of nitrogens with one attached hydrogen (secondary N) is 1. The first-order valence-electron chi connectivity index (χ1n) is 5.97. The number of ether oxygens (including phenoxy) is 1. The van der Waals surface area contributed by atoms with E-state index < -0.39 is 23.8 Å². The van der Waals surface area contributed by atoms with Crippen molar-refractivity contribution in [2.24, 2.45) is 0 Å². The van der Waals surface area contributed by atoms with E-state index in [-0.39, 0.29) is 12.2 Å². The third-order valence-electron chi connectivity index (χ3n) is 2.59. The zero-order chi connectivity index (χ0) is 16.3. The number of halogens is 3. The Morgan fingerprint density at radius 3 is 2.19 bits per heavy atom. The molecule has 116 valence electrons. The molecule has 0 aliphatic rings. The molecule has 1 unspecified atom stereocenters. The molecule has 0 heterocycles. The summed E-state index contributed by atoms with van der Waals surface area (Å²) in [4.78, 5) is 23.1. The highest BCUT2D eigenvalue weighted by Crippen LogP contribution is 2.29. The Kier molecular flexibility index (Phi) is 4.95. The van der Waals surface area contributed by atoms with E-state index in [1.807, 2.05) is 0 Å². The first kappa shape index (κ1) is 17.0. The molecule has 1 aromatic rings. The van der Waals surface area contributed by atoms with Crippen LogP contribution in [0.15, 0.2) is 24.3 Å². The van der Waals surface area contributed by atoms with Crippen LogP contribution < -0.4 is 5.32 Å². The number of alkyl halides is 3. The van der Waals surface area contributed by atoms with Gasteiger partial charge in [0.25, 0.3) is 5.91 Å². The number of carbonyl (C=O) groups excluding carboxylic acids is 2. The van der Waals surface area contributed by atoms with E-state index in [1.165, 1.54) is 36.5 Å².